The summed E-state index contributed by atoms with van der Waals surface area (Å²) in [6, 6.07) is 8.76. The predicted molar refractivity (Wildman–Crippen MR) is 72.6 cm³/mol. The minimum absolute atomic E-state index is 0.117. The zero-order valence-electron chi connectivity index (χ0n) is 11.1. The summed E-state index contributed by atoms with van der Waals surface area (Å²) in [6.45, 7) is 0. The summed E-state index contributed by atoms with van der Waals surface area (Å²) in [5.74, 6) is -0.0490. The van der Waals surface area contributed by atoms with Crippen LogP contribution in [0.15, 0.2) is 24.3 Å². The van der Waals surface area contributed by atoms with Crippen molar-refractivity contribution < 1.29 is 9.90 Å². The van der Waals surface area contributed by atoms with E-state index < -0.39 is 5.41 Å². The zero-order valence-corrected chi connectivity index (χ0v) is 11.1. The summed E-state index contributed by atoms with van der Waals surface area (Å²) in [5, 5.41) is 18.9. The number of carbonyl (C=O) groups excluding carboxylic acids is 1. The second-order valence-electron chi connectivity index (χ2n) is 5.14. The Labute approximate surface area is 113 Å². The van der Waals surface area contributed by atoms with Crippen molar-refractivity contribution >= 4 is 11.6 Å². The molecule has 0 spiro atoms. The molecule has 1 aromatic carbocycles. The summed E-state index contributed by atoms with van der Waals surface area (Å²) in [5.41, 5.74) is -0.274. The van der Waals surface area contributed by atoms with Crippen LogP contribution < -0.4 is 4.90 Å². The molecule has 0 bridgehead atoms. The normalized spacial score (nSPS) is 17.5. The van der Waals surface area contributed by atoms with Crippen molar-refractivity contribution in [1.82, 2.24) is 0 Å². The van der Waals surface area contributed by atoms with Gasteiger partial charge in [0.15, 0.2) is 0 Å². The lowest BCUT2D eigenvalue weighted by Gasteiger charge is -2.33. The van der Waals surface area contributed by atoms with Crippen molar-refractivity contribution in [2.45, 2.75) is 32.1 Å². The van der Waals surface area contributed by atoms with Gasteiger partial charge in [0.25, 0.3) is 0 Å². The van der Waals surface area contributed by atoms with Gasteiger partial charge in [-0.1, -0.05) is 25.3 Å². The Kier molecular flexibility index (Phi) is 3.75. The van der Waals surface area contributed by atoms with E-state index in [9.17, 15) is 15.2 Å². The quantitative estimate of drug-likeness (QED) is 0.887. The number of nitriles is 1. The summed E-state index contributed by atoms with van der Waals surface area (Å²) in [6.07, 6.45) is 4.20. The fourth-order valence-electron chi connectivity index (χ4n) is 2.67. The second kappa shape index (κ2) is 5.31. The Morgan fingerprint density at radius 2 is 2.05 bits per heavy atom. The van der Waals surface area contributed by atoms with Gasteiger partial charge < -0.3 is 10.0 Å². The number of benzene rings is 1. The van der Waals surface area contributed by atoms with Gasteiger partial charge in [0, 0.05) is 18.8 Å². The standard InChI is InChI=1S/C15H18N2O2/c1-17(12-6-5-7-13(18)10-12)14(19)15(11-16)8-3-2-4-9-15/h5-7,10,18H,2-4,8-9H2,1H3. The molecule has 100 valence electrons. The Bertz CT molecular complexity index is 513. The van der Waals surface area contributed by atoms with Gasteiger partial charge >= 0.3 is 0 Å². The van der Waals surface area contributed by atoms with E-state index in [4.69, 9.17) is 0 Å². The highest BCUT2D eigenvalue weighted by molar-refractivity contribution is 5.99. The molecule has 0 saturated heterocycles. The Morgan fingerprint density at radius 1 is 1.37 bits per heavy atom. The molecule has 0 atom stereocenters. The first-order valence-electron chi connectivity index (χ1n) is 6.57. The van der Waals surface area contributed by atoms with Crippen LogP contribution in [0.4, 0.5) is 5.69 Å². The monoisotopic (exact) mass is 258 g/mol. The third-order valence-corrected chi connectivity index (χ3v) is 3.85. The number of nitrogens with zero attached hydrogens (tertiary/aromatic N) is 2. The average molecular weight is 258 g/mol. The van der Waals surface area contributed by atoms with E-state index in [0.717, 1.165) is 19.3 Å². The van der Waals surface area contributed by atoms with Crippen molar-refractivity contribution in [2.24, 2.45) is 5.41 Å². The van der Waals surface area contributed by atoms with Crippen LogP contribution in [0.3, 0.4) is 0 Å². The first-order chi connectivity index (χ1) is 9.09. The number of hydrogen-bond donors (Lipinski definition) is 1. The molecule has 1 fully saturated rings. The second-order valence-corrected chi connectivity index (χ2v) is 5.14. The maximum absolute atomic E-state index is 12.6. The van der Waals surface area contributed by atoms with Crippen molar-refractivity contribution in [3.05, 3.63) is 24.3 Å². The Balaban J connectivity index is 2.25. The van der Waals surface area contributed by atoms with Crippen LogP contribution in [0.2, 0.25) is 0 Å². The van der Waals surface area contributed by atoms with Gasteiger partial charge in [-0.2, -0.15) is 5.26 Å². The van der Waals surface area contributed by atoms with E-state index in [-0.39, 0.29) is 11.7 Å². The van der Waals surface area contributed by atoms with Gasteiger partial charge in [-0.25, -0.2) is 0 Å². The Morgan fingerprint density at radius 3 is 2.63 bits per heavy atom. The fourth-order valence-corrected chi connectivity index (χ4v) is 2.67. The molecular weight excluding hydrogens is 240 g/mol. The highest BCUT2D eigenvalue weighted by Crippen LogP contribution is 2.38. The van der Waals surface area contributed by atoms with E-state index in [0.29, 0.717) is 18.5 Å². The fraction of sp³-hybridized carbons (Fsp3) is 0.467. The molecule has 1 N–H and O–H groups in total. The molecule has 4 heteroatoms. The van der Waals surface area contributed by atoms with Crippen molar-refractivity contribution in [3.63, 3.8) is 0 Å². The van der Waals surface area contributed by atoms with E-state index in [1.807, 2.05) is 0 Å². The molecule has 1 aliphatic rings. The summed E-state index contributed by atoms with van der Waals surface area (Å²) in [7, 11) is 1.66. The lowest BCUT2D eigenvalue weighted by atomic mass is 9.74. The molecule has 1 aromatic rings. The summed E-state index contributed by atoms with van der Waals surface area (Å²) in [4.78, 5) is 14.1. The smallest absolute Gasteiger partial charge is 0.247 e. The maximum Gasteiger partial charge on any atom is 0.247 e. The van der Waals surface area contributed by atoms with Gasteiger partial charge in [-0.15, -0.1) is 0 Å². The largest absolute Gasteiger partial charge is 0.508 e. The van der Waals surface area contributed by atoms with Crippen molar-refractivity contribution in [3.8, 4) is 11.8 Å². The van der Waals surface area contributed by atoms with Gasteiger partial charge in [0.05, 0.1) is 6.07 Å². The van der Waals surface area contributed by atoms with Crippen LogP contribution in [0, 0.1) is 16.7 Å². The van der Waals surface area contributed by atoms with E-state index in [2.05, 4.69) is 6.07 Å². The molecule has 0 aliphatic heterocycles. The highest BCUT2D eigenvalue weighted by Gasteiger charge is 2.41. The minimum Gasteiger partial charge on any atom is -0.508 e. The van der Waals surface area contributed by atoms with E-state index in [1.165, 1.54) is 11.0 Å². The first-order valence-corrected chi connectivity index (χ1v) is 6.57. The molecule has 0 aromatic heterocycles. The van der Waals surface area contributed by atoms with Crippen LogP contribution in [-0.4, -0.2) is 18.1 Å². The number of hydrogen-bond acceptors (Lipinski definition) is 3. The third kappa shape index (κ3) is 2.55. The highest BCUT2D eigenvalue weighted by atomic mass is 16.3. The number of aromatic hydroxyl groups is 1. The van der Waals surface area contributed by atoms with Crippen LogP contribution >= 0.6 is 0 Å². The molecule has 0 heterocycles. The SMILES string of the molecule is CN(C(=O)C1(C#N)CCCCC1)c1cccc(O)c1. The molecule has 0 unspecified atom stereocenters. The summed E-state index contributed by atoms with van der Waals surface area (Å²) < 4.78 is 0. The van der Waals surface area contributed by atoms with Crippen LogP contribution in [0.1, 0.15) is 32.1 Å². The van der Waals surface area contributed by atoms with Gasteiger partial charge in [0.1, 0.15) is 11.2 Å². The Hall–Kier alpha value is -2.02. The van der Waals surface area contributed by atoms with Gasteiger partial charge in [-0.05, 0) is 25.0 Å². The molecule has 4 nitrogen and oxygen atoms in total. The lowest BCUT2D eigenvalue weighted by Crippen LogP contribution is -2.42. The molecule has 1 amide bonds. The van der Waals surface area contributed by atoms with Crippen LogP contribution in [0.5, 0.6) is 5.75 Å². The van der Waals surface area contributed by atoms with Crippen LogP contribution in [-0.2, 0) is 4.79 Å². The average Bonchev–Trinajstić information content (AvgIpc) is 2.46. The molecule has 2 rings (SSSR count). The summed E-state index contributed by atoms with van der Waals surface area (Å²) >= 11 is 0. The van der Waals surface area contributed by atoms with Crippen LogP contribution in [0.25, 0.3) is 0 Å². The number of rotatable bonds is 2. The lowest BCUT2D eigenvalue weighted by molar-refractivity contribution is -0.126. The molecule has 1 saturated carbocycles. The topological polar surface area (TPSA) is 64.3 Å². The van der Waals surface area contributed by atoms with Crippen molar-refractivity contribution in [2.75, 3.05) is 11.9 Å². The molecule has 19 heavy (non-hydrogen) atoms. The first kappa shape index (κ1) is 13.4. The molecule has 0 radical (unpaired) electrons. The minimum atomic E-state index is -0.890. The van der Waals surface area contributed by atoms with Gasteiger partial charge in [-0.3, -0.25) is 4.79 Å². The van der Waals surface area contributed by atoms with E-state index in [1.54, 1.807) is 25.2 Å². The number of anilines is 1. The number of phenolic OH excluding ortho intramolecular Hbond substituents is 1. The number of carbonyl (C=O) groups is 1. The number of phenols is 1. The zero-order chi connectivity index (χ0) is 13.9. The van der Waals surface area contributed by atoms with E-state index >= 15 is 0 Å². The van der Waals surface area contributed by atoms with Gasteiger partial charge in [0.2, 0.25) is 5.91 Å². The third-order valence-electron chi connectivity index (χ3n) is 3.85. The van der Waals surface area contributed by atoms with Crippen molar-refractivity contribution in [1.29, 1.82) is 5.26 Å². The molecular formula is C15H18N2O2. The number of amides is 1. The maximum atomic E-state index is 12.6. The molecule has 1 aliphatic carbocycles. The predicted octanol–water partition coefficient (Wildman–Crippen LogP) is 2.83.